The lowest BCUT2D eigenvalue weighted by atomic mass is 9.86. The fourth-order valence-electron chi connectivity index (χ4n) is 1.30. The van der Waals surface area contributed by atoms with E-state index in [4.69, 9.17) is 5.11 Å². The molecule has 0 aliphatic carbocycles. The van der Waals surface area contributed by atoms with Crippen LogP contribution in [0.2, 0.25) is 0 Å². The average Bonchev–Trinajstić information content (AvgIpc) is 2.14. The summed E-state index contributed by atoms with van der Waals surface area (Å²) in [6.07, 6.45) is 3.69. The smallest absolute Gasteiger partial charge is 0.0615 e. The molecule has 1 heteroatoms. The molecule has 0 aromatic heterocycles. The normalized spacial score (nSPS) is 12.3. The van der Waals surface area contributed by atoms with Gasteiger partial charge in [-0.1, -0.05) is 57.2 Å². The standard InChI is InChI=1S/C13H18O/c1-13(2,3)12-8-4-6-11(10-12)7-5-9-14/h4-8,10,14H,9H2,1-3H3. The van der Waals surface area contributed by atoms with Crippen LogP contribution in [0.5, 0.6) is 0 Å². The zero-order valence-corrected chi connectivity index (χ0v) is 9.12. The van der Waals surface area contributed by atoms with E-state index in [-0.39, 0.29) is 12.0 Å². The first-order chi connectivity index (χ1) is 6.54. The first-order valence-electron chi connectivity index (χ1n) is 4.92. The van der Waals surface area contributed by atoms with Crippen LogP contribution in [0.4, 0.5) is 0 Å². The molecule has 0 radical (unpaired) electrons. The SMILES string of the molecule is CC(C)(C)c1cccc(C=CCO)c1. The maximum Gasteiger partial charge on any atom is 0.0615 e. The Morgan fingerprint density at radius 2 is 2.00 bits per heavy atom. The van der Waals surface area contributed by atoms with Crippen molar-refractivity contribution in [1.29, 1.82) is 0 Å². The third-order valence-corrected chi connectivity index (χ3v) is 2.17. The van der Waals surface area contributed by atoms with E-state index < -0.39 is 0 Å². The maximum absolute atomic E-state index is 8.67. The van der Waals surface area contributed by atoms with Gasteiger partial charge in [-0.25, -0.2) is 0 Å². The van der Waals surface area contributed by atoms with Gasteiger partial charge in [0.1, 0.15) is 0 Å². The molecule has 1 rings (SSSR count). The minimum atomic E-state index is 0.0970. The zero-order valence-electron chi connectivity index (χ0n) is 9.12. The van der Waals surface area contributed by atoms with Crippen LogP contribution >= 0.6 is 0 Å². The Labute approximate surface area is 86.1 Å². The summed E-state index contributed by atoms with van der Waals surface area (Å²) >= 11 is 0. The van der Waals surface area contributed by atoms with Crippen molar-refractivity contribution >= 4 is 6.08 Å². The molecule has 76 valence electrons. The van der Waals surface area contributed by atoms with Crippen molar-refractivity contribution in [2.75, 3.05) is 6.61 Å². The van der Waals surface area contributed by atoms with Crippen LogP contribution in [0.25, 0.3) is 6.08 Å². The Hall–Kier alpha value is -1.08. The quantitative estimate of drug-likeness (QED) is 0.760. The fraction of sp³-hybridized carbons (Fsp3) is 0.385. The fourth-order valence-corrected chi connectivity index (χ4v) is 1.30. The molecular weight excluding hydrogens is 172 g/mol. The summed E-state index contributed by atoms with van der Waals surface area (Å²) in [4.78, 5) is 0. The minimum absolute atomic E-state index is 0.0970. The molecule has 0 fully saturated rings. The van der Waals surface area contributed by atoms with Gasteiger partial charge in [0.25, 0.3) is 0 Å². The number of aliphatic hydroxyl groups excluding tert-OH is 1. The number of hydrogen-bond donors (Lipinski definition) is 1. The van der Waals surface area contributed by atoms with E-state index in [1.807, 2.05) is 12.1 Å². The third-order valence-electron chi connectivity index (χ3n) is 2.17. The molecule has 1 N–H and O–H groups in total. The van der Waals surface area contributed by atoms with Crippen molar-refractivity contribution in [1.82, 2.24) is 0 Å². The molecule has 14 heavy (non-hydrogen) atoms. The molecule has 0 saturated carbocycles. The lowest BCUT2D eigenvalue weighted by molar-refractivity contribution is 0.343. The van der Waals surface area contributed by atoms with E-state index in [1.165, 1.54) is 5.56 Å². The van der Waals surface area contributed by atoms with E-state index in [0.29, 0.717) is 0 Å². The van der Waals surface area contributed by atoms with Gasteiger partial charge in [-0.05, 0) is 16.5 Å². The first kappa shape index (κ1) is 11.0. The van der Waals surface area contributed by atoms with Gasteiger partial charge in [-0.15, -0.1) is 0 Å². The summed E-state index contributed by atoms with van der Waals surface area (Å²) in [5.41, 5.74) is 2.65. The van der Waals surface area contributed by atoms with Crippen LogP contribution < -0.4 is 0 Å². The highest BCUT2D eigenvalue weighted by Crippen LogP contribution is 2.23. The van der Waals surface area contributed by atoms with Gasteiger partial charge in [0.15, 0.2) is 0 Å². The van der Waals surface area contributed by atoms with Gasteiger partial charge in [-0.3, -0.25) is 0 Å². The van der Waals surface area contributed by atoms with Crippen LogP contribution in [0.15, 0.2) is 30.3 Å². The second-order valence-electron chi connectivity index (χ2n) is 4.46. The summed E-state index contributed by atoms with van der Waals surface area (Å²) in [5, 5.41) is 8.67. The minimum Gasteiger partial charge on any atom is -0.392 e. The molecular formula is C13H18O. The number of benzene rings is 1. The maximum atomic E-state index is 8.67. The second-order valence-corrected chi connectivity index (χ2v) is 4.46. The zero-order chi connectivity index (χ0) is 10.6. The van der Waals surface area contributed by atoms with E-state index >= 15 is 0 Å². The predicted octanol–water partition coefficient (Wildman–Crippen LogP) is 2.99. The summed E-state index contributed by atoms with van der Waals surface area (Å²) in [6.45, 7) is 6.69. The number of aliphatic hydroxyl groups is 1. The highest BCUT2D eigenvalue weighted by molar-refractivity contribution is 5.51. The van der Waals surface area contributed by atoms with Crippen molar-refractivity contribution in [3.8, 4) is 0 Å². The molecule has 0 atom stereocenters. The second kappa shape index (κ2) is 4.43. The monoisotopic (exact) mass is 190 g/mol. The van der Waals surface area contributed by atoms with Crippen molar-refractivity contribution in [3.63, 3.8) is 0 Å². The van der Waals surface area contributed by atoms with Gasteiger partial charge < -0.3 is 5.11 Å². The van der Waals surface area contributed by atoms with Crippen molar-refractivity contribution in [2.45, 2.75) is 26.2 Å². The molecule has 0 aliphatic heterocycles. The third kappa shape index (κ3) is 3.00. The molecule has 0 spiro atoms. The molecule has 0 bridgehead atoms. The van der Waals surface area contributed by atoms with Crippen LogP contribution in [0.3, 0.4) is 0 Å². The van der Waals surface area contributed by atoms with Crippen LogP contribution in [0, 0.1) is 0 Å². The lowest BCUT2D eigenvalue weighted by Gasteiger charge is -2.19. The van der Waals surface area contributed by atoms with Crippen LogP contribution in [0.1, 0.15) is 31.9 Å². The van der Waals surface area contributed by atoms with Crippen LogP contribution in [-0.2, 0) is 5.41 Å². The van der Waals surface area contributed by atoms with Gasteiger partial charge in [0.2, 0.25) is 0 Å². The molecule has 0 aliphatic rings. The van der Waals surface area contributed by atoms with E-state index in [1.54, 1.807) is 6.08 Å². The van der Waals surface area contributed by atoms with Gasteiger partial charge in [-0.2, -0.15) is 0 Å². The summed E-state index contributed by atoms with van der Waals surface area (Å²) in [6, 6.07) is 8.39. The molecule has 0 amide bonds. The van der Waals surface area contributed by atoms with E-state index in [2.05, 4.69) is 39.0 Å². The van der Waals surface area contributed by atoms with Crippen molar-refractivity contribution < 1.29 is 5.11 Å². The van der Waals surface area contributed by atoms with Gasteiger partial charge in [0, 0.05) is 0 Å². The van der Waals surface area contributed by atoms with E-state index in [9.17, 15) is 0 Å². The van der Waals surface area contributed by atoms with E-state index in [0.717, 1.165) is 5.56 Å². The molecule has 1 aromatic carbocycles. The Balaban J connectivity index is 2.96. The largest absolute Gasteiger partial charge is 0.392 e. The molecule has 1 nitrogen and oxygen atoms in total. The Morgan fingerprint density at radius 1 is 1.29 bits per heavy atom. The summed E-state index contributed by atoms with van der Waals surface area (Å²) < 4.78 is 0. The lowest BCUT2D eigenvalue weighted by Crippen LogP contribution is -2.10. The van der Waals surface area contributed by atoms with Gasteiger partial charge >= 0.3 is 0 Å². The number of hydrogen-bond acceptors (Lipinski definition) is 1. The Bertz CT molecular complexity index is 318. The number of rotatable bonds is 2. The average molecular weight is 190 g/mol. The summed E-state index contributed by atoms with van der Waals surface area (Å²) in [7, 11) is 0. The highest BCUT2D eigenvalue weighted by Gasteiger charge is 2.12. The Morgan fingerprint density at radius 3 is 2.57 bits per heavy atom. The summed E-state index contributed by atoms with van der Waals surface area (Å²) in [5.74, 6) is 0. The topological polar surface area (TPSA) is 20.2 Å². The highest BCUT2D eigenvalue weighted by atomic mass is 16.2. The van der Waals surface area contributed by atoms with Crippen molar-refractivity contribution in [3.05, 3.63) is 41.5 Å². The van der Waals surface area contributed by atoms with Crippen molar-refractivity contribution in [2.24, 2.45) is 0 Å². The molecule has 0 saturated heterocycles. The molecule has 0 heterocycles. The predicted molar refractivity (Wildman–Crippen MR) is 61.3 cm³/mol. The first-order valence-corrected chi connectivity index (χ1v) is 4.92. The van der Waals surface area contributed by atoms with Crippen LogP contribution in [-0.4, -0.2) is 11.7 Å². The Kier molecular flexibility index (Phi) is 3.48. The molecule has 0 unspecified atom stereocenters. The molecule has 1 aromatic rings. The van der Waals surface area contributed by atoms with Gasteiger partial charge in [0.05, 0.1) is 6.61 Å².